The predicted molar refractivity (Wildman–Crippen MR) is 102 cm³/mol. The standard InChI is InChI=1S/C20H26N2O6/c1-5-26-19(24)18-13(4)21-20(25)22-15(18)10-28-17(23)11-27-16-9-7-6-8-14(16)12(2)3/h6-9,12-13H,5,10-11H2,1-4H3,(H2,21,22,25)/t13-/m1/s1. The lowest BCUT2D eigenvalue weighted by Crippen LogP contribution is -2.50. The van der Waals surface area contributed by atoms with Crippen LogP contribution in [0.25, 0.3) is 0 Å². The van der Waals surface area contributed by atoms with Gasteiger partial charge in [0.25, 0.3) is 0 Å². The molecule has 1 aliphatic rings. The Labute approximate surface area is 164 Å². The number of benzene rings is 1. The zero-order valence-electron chi connectivity index (χ0n) is 16.5. The van der Waals surface area contributed by atoms with Crippen molar-refractivity contribution in [2.75, 3.05) is 19.8 Å². The Bertz CT molecular complexity index is 772. The van der Waals surface area contributed by atoms with Crippen molar-refractivity contribution in [2.45, 2.75) is 39.7 Å². The van der Waals surface area contributed by atoms with Gasteiger partial charge in [-0.1, -0.05) is 32.0 Å². The maximum absolute atomic E-state index is 12.1. The number of hydrogen-bond donors (Lipinski definition) is 2. The van der Waals surface area contributed by atoms with Crippen molar-refractivity contribution in [3.63, 3.8) is 0 Å². The predicted octanol–water partition coefficient (Wildman–Crippen LogP) is 2.25. The first-order chi connectivity index (χ1) is 13.3. The second-order valence-electron chi connectivity index (χ2n) is 6.57. The quantitative estimate of drug-likeness (QED) is 0.660. The number of hydrogen-bond acceptors (Lipinski definition) is 6. The Morgan fingerprint density at radius 1 is 1.18 bits per heavy atom. The van der Waals surface area contributed by atoms with E-state index in [4.69, 9.17) is 14.2 Å². The number of ether oxygens (including phenoxy) is 3. The van der Waals surface area contributed by atoms with E-state index in [0.717, 1.165) is 5.56 Å². The highest BCUT2D eigenvalue weighted by atomic mass is 16.6. The molecule has 0 saturated heterocycles. The van der Waals surface area contributed by atoms with Crippen LogP contribution in [0.4, 0.5) is 4.79 Å². The maximum atomic E-state index is 12.1. The lowest BCUT2D eigenvalue weighted by molar-refractivity contribution is -0.145. The van der Waals surface area contributed by atoms with Crippen LogP contribution >= 0.6 is 0 Å². The van der Waals surface area contributed by atoms with E-state index < -0.39 is 24.0 Å². The average Bonchev–Trinajstić information content (AvgIpc) is 2.64. The number of urea groups is 1. The molecule has 1 heterocycles. The minimum absolute atomic E-state index is 0.194. The summed E-state index contributed by atoms with van der Waals surface area (Å²) in [6.45, 7) is 7.05. The molecule has 0 spiro atoms. The lowest BCUT2D eigenvalue weighted by atomic mass is 10.0. The molecule has 0 aromatic heterocycles. The number of nitrogens with one attached hydrogen (secondary N) is 2. The van der Waals surface area contributed by atoms with E-state index in [1.165, 1.54) is 0 Å². The van der Waals surface area contributed by atoms with Crippen LogP contribution in [0.15, 0.2) is 35.5 Å². The summed E-state index contributed by atoms with van der Waals surface area (Å²) in [5.74, 6) is -0.328. The van der Waals surface area contributed by atoms with Crippen LogP contribution in [-0.2, 0) is 19.1 Å². The largest absolute Gasteiger partial charge is 0.482 e. The first kappa shape index (κ1) is 21.3. The minimum Gasteiger partial charge on any atom is -0.482 e. The van der Waals surface area contributed by atoms with Gasteiger partial charge in [0.1, 0.15) is 12.4 Å². The summed E-state index contributed by atoms with van der Waals surface area (Å²) in [5.41, 5.74) is 1.41. The highest BCUT2D eigenvalue weighted by Gasteiger charge is 2.30. The zero-order valence-corrected chi connectivity index (χ0v) is 16.5. The molecule has 2 amide bonds. The van der Waals surface area contributed by atoms with E-state index in [-0.39, 0.29) is 37.0 Å². The highest BCUT2D eigenvalue weighted by Crippen LogP contribution is 2.25. The molecule has 2 rings (SSSR count). The van der Waals surface area contributed by atoms with Gasteiger partial charge in [-0.05, 0) is 31.4 Å². The van der Waals surface area contributed by atoms with Crippen LogP contribution < -0.4 is 15.4 Å². The van der Waals surface area contributed by atoms with Crippen LogP contribution in [0.2, 0.25) is 0 Å². The highest BCUT2D eigenvalue weighted by molar-refractivity contribution is 5.94. The molecule has 1 aromatic rings. The number of esters is 2. The fourth-order valence-electron chi connectivity index (χ4n) is 2.81. The molecule has 2 N–H and O–H groups in total. The maximum Gasteiger partial charge on any atom is 0.344 e. The third-order valence-corrected chi connectivity index (χ3v) is 4.13. The van der Waals surface area contributed by atoms with Gasteiger partial charge in [0.2, 0.25) is 0 Å². The molecule has 0 radical (unpaired) electrons. The molecule has 8 nitrogen and oxygen atoms in total. The number of rotatable bonds is 8. The number of para-hydroxylation sites is 1. The normalized spacial score (nSPS) is 16.3. The van der Waals surface area contributed by atoms with Crippen molar-refractivity contribution in [1.82, 2.24) is 10.6 Å². The lowest BCUT2D eigenvalue weighted by Gasteiger charge is -2.26. The van der Waals surface area contributed by atoms with Crippen molar-refractivity contribution in [2.24, 2.45) is 0 Å². The molecular formula is C20H26N2O6. The fourth-order valence-corrected chi connectivity index (χ4v) is 2.81. The first-order valence-corrected chi connectivity index (χ1v) is 9.18. The van der Waals surface area contributed by atoms with E-state index in [1.807, 2.05) is 32.0 Å². The summed E-state index contributed by atoms with van der Waals surface area (Å²) in [6.07, 6.45) is 0. The Morgan fingerprint density at radius 3 is 2.57 bits per heavy atom. The zero-order chi connectivity index (χ0) is 20.7. The molecule has 1 atom stereocenters. The van der Waals surface area contributed by atoms with Gasteiger partial charge >= 0.3 is 18.0 Å². The summed E-state index contributed by atoms with van der Waals surface area (Å²) in [5, 5.41) is 5.08. The van der Waals surface area contributed by atoms with Crippen LogP contribution in [0, 0.1) is 0 Å². The number of amides is 2. The van der Waals surface area contributed by atoms with Gasteiger partial charge in [0, 0.05) is 0 Å². The average molecular weight is 390 g/mol. The van der Waals surface area contributed by atoms with E-state index in [9.17, 15) is 14.4 Å². The number of carbonyl (C=O) groups excluding carboxylic acids is 3. The van der Waals surface area contributed by atoms with Crippen molar-refractivity contribution in [1.29, 1.82) is 0 Å². The topological polar surface area (TPSA) is 103 Å². The molecule has 0 fully saturated rings. The molecular weight excluding hydrogens is 364 g/mol. The van der Waals surface area contributed by atoms with Crippen LogP contribution in [0.3, 0.4) is 0 Å². The monoisotopic (exact) mass is 390 g/mol. The van der Waals surface area contributed by atoms with Crippen LogP contribution in [-0.4, -0.2) is 43.8 Å². The smallest absolute Gasteiger partial charge is 0.344 e. The Balaban J connectivity index is 2.01. The summed E-state index contributed by atoms with van der Waals surface area (Å²) >= 11 is 0. The molecule has 28 heavy (non-hydrogen) atoms. The summed E-state index contributed by atoms with van der Waals surface area (Å²) in [6, 6.07) is 6.43. The molecule has 152 valence electrons. The second-order valence-corrected chi connectivity index (χ2v) is 6.57. The Kier molecular flexibility index (Phi) is 7.43. The van der Waals surface area contributed by atoms with Gasteiger partial charge in [-0.2, -0.15) is 0 Å². The van der Waals surface area contributed by atoms with E-state index in [1.54, 1.807) is 19.9 Å². The van der Waals surface area contributed by atoms with Gasteiger partial charge < -0.3 is 24.8 Å². The van der Waals surface area contributed by atoms with E-state index in [2.05, 4.69) is 10.6 Å². The SMILES string of the molecule is CCOC(=O)C1=C(COC(=O)COc2ccccc2C(C)C)NC(=O)N[C@@H]1C. The molecule has 1 aliphatic heterocycles. The minimum atomic E-state index is -0.616. The third-order valence-electron chi connectivity index (χ3n) is 4.13. The van der Waals surface area contributed by atoms with E-state index in [0.29, 0.717) is 5.75 Å². The van der Waals surface area contributed by atoms with Crippen LogP contribution in [0.5, 0.6) is 5.75 Å². The van der Waals surface area contributed by atoms with Crippen LogP contribution in [0.1, 0.15) is 39.2 Å². The van der Waals surface area contributed by atoms with Crippen molar-refractivity contribution < 1.29 is 28.6 Å². The van der Waals surface area contributed by atoms with E-state index >= 15 is 0 Å². The van der Waals surface area contributed by atoms with Gasteiger partial charge in [0.15, 0.2) is 6.61 Å². The van der Waals surface area contributed by atoms with Gasteiger partial charge in [0.05, 0.1) is 23.9 Å². The molecule has 0 aliphatic carbocycles. The molecule has 0 bridgehead atoms. The third kappa shape index (κ3) is 5.48. The van der Waals surface area contributed by atoms with Crippen molar-refractivity contribution in [3.05, 3.63) is 41.1 Å². The fraction of sp³-hybridized carbons (Fsp3) is 0.450. The summed E-state index contributed by atoms with van der Waals surface area (Å²) in [4.78, 5) is 35.9. The Hall–Kier alpha value is -3.03. The van der Waals surface area contributed by atoms with Gasteiger partial charge in [-0.25, -0.2) is 14.4 Å². The summed E-state index contributed by atoms with van der Waals surface area (Å²) < 4.78 is 15.8. The molecule has 1 aromatic carbocycles. The number of carbonyl (C=O) groups is 3. The second kappa shape index (κ2) is 9.77. The van der Waals surface area contributed by atoms with Crippen molar-refractivity contribution >= 4 is 18.0 Å². The first-order valence-electron chi connectivity index (χ1n) is 9.18. The molecule has 8 heteroatoms. The Morgan fingerprint density at radius 2 is 1.89 bits per heavy atom. The van der Waals surface area contributed by atoms with Crippen molar-refractivity contribution in [3.8, 4) is 5.75 Å². The van der Waals surface area contributed by atoms with Gasteiger partial charge in [-0.15, -0.1) is 0 Å². The molecule has 0 unspecified atom stereocenters. The molecule has 0 saturated carbocycles. The van der Waals surface area contributed by atoms with Gasteiger partial charge in [-0.3, -0.25) is 0 Å². The summed E-state index contributed by atoms with van der Waals surface area (Å²) in [7, 11) is 0.